The van der Waals surface area contributed by atoms with Crippen LogP contribution in [0.3, 0.4) is 0 Å². The molecule has 0 saturated heterocycles. The number of para-hydroxylation sites is 1. The first-order chi connectivity index (χ1) is 10.2. The Bertz CT molecular complexity index is 755. The van der Waals surface area contributed by atoms with Crippen LogP contribution in [0.15, 0.2) is 42.5 Å². The highest BCUT2D eigenvalue weighted by Gasteiger charge is 2.09. The molecule has 0 unspecified atom stereocenters. The predicted octanol–water partition coefficient (Wildman–Crippen LogP) is 4.70. The molecule has 0 spiro atoms. The van der Waals surface area contributed by atoms with E-state index in [0.29, 0.717) is 6.04 Å². The molecule has 2 nitrogen and oxygen atoms in total. The summed E-state index contributed by atoms with van der Waals surface area (Å²) in [5.74, 6) is 0. The van der Waals surface area contributed by atoms with E-state index in [1.165, 1.54) is 27.4 Å². The van der Waals surface area contributed by atoms with Crippen molar-refractivity contribution < 1.29 is 0 Å². The molecule has 0 radical (unpaired) electrons. The average molecular weight is 280 g/mol. The van der Waals surface area contributed by atoms with Crippen LogP contribution in [0, 0.1) is 0 Å². The number of hydrogen-bond donors (Lipinski definition) is 1. The van der Waals surface area contributed by atoms with Gasteiger partial charge >= 0.3 is 0 Å². The van der Waals surface area contributed by atoms with Crippen molar-refractivity contribution in [2.45, 2.75) is 46.3 Å². The van der Waals surface area contributed by atoms with Gasteiger partial charge in [0.2, 0.25) is 0 Å². The molecule has 1 aromatic heterocycles. The van der Waals surface area contributed by atoms with Crippen LogP contribution in [-0.4, -0.2) is 10.6 Å². The summed E-state index contributed by atoms with van der Waals surface area (Å²) in [6, 6.07) is 16.1. The maximum Gasteiger partial charge on any atom is 0.0491 e. The molecule has 0 aliphatic rings. The third kappa shape index (κ3) is 2.56. The molecule has 0 amide bonds. The summed E-state index contributed by atoms with van der Waals surface area (Å²) in [5, 5.41) is 6.31. The maximum absolute atomic E-state index is 3.58. The molecule has 0 aliphatic heterocycles. The molecule has 0 bridgehead atoms. The van der Waals surface area contributed by atoms with Gasteiger partial charge in [-0.3, -0.25) is 0 Å². The SMILES string of the molecule is CC[C@H](C)NCc1ccc2c(c1)c1ccccc1n2CC. The van der Waals surface area contributed by atoms with Gasteiger partial charge in [-0.15, -0.1) is 0 Å². The maximum atomic E-state index is 3.58. The quantitative estimate of drug-likeness (QED) is 0.716. The van der Waals surface area contributed by atoms with Crippen LogP contribution in [0.4, 0.5) is 0 Å². The summed E-state index contributed by atoms with van der Waals surface area (Å²) >= 11 is 0. The summed E-state index contributed by atoms with van der Waals surface area (Å²) in [5.41, 5.74) is 4.04. The summed E-state index contributed by atoms with van der Waals surface area (Å²) < 4.78 is 2.40. The van der Waals surface area contributed by atoms with E-state index < -0.39 is 0 Å². The van der Waals surface area contributed by atoms with E-state index in [-0.39, 0.29) is 0 Å². The van der Waals surface area contributed by atoms with Crippen molar-refractivity contribution in [1.29, 1.82) is 0 Å². The number of nitrogens with one attached hydrogen (secondary N) is 1. The van der Waals surface area contributed by atoms with E-state index >= 15 is 0 Å². The molecule has 0 fully saturated rings. The minimum absolute atomic E-state index is 0.567. The fourth-order valence-corrected chi connectivity index (χ4v) is 2.99. The third-order valence-electron chi connectivity index (χ3n) is 4.42. The standard InChI is InChI=1S/C19H24N2/c1-4-14(3)20-13-15-10-11-19-17(12-15)16-8-6-7-9-18(16)21(19)5-2/h6-12,14,20H,4-5,13H2,1-3H3/t14-/m0/s1. The lowest BCUT2D eigenvalue weighted by atomic mass is 10.1. The van der Waals surface area contributed by atoms with Gasteiger partial charge in [-0.1, -0.05) is 31.2 Å². The summed E-state index contributed by atoms with van der Waals surface area (Å²) in [6.07, 6.45) is 1.16. The summed E-state index contributed by atoms with van der Waals surface area (Å²) in [6.45, 7) is 8.62. The molecular formula is C19H24N2. The number of aromatic nitrogens is 1. The Kier molecular flexibility index (Phi) is 3.98. The van der Waals surface area contributed by atoms with Gasteiger partial charge in [-0.2, -0.15) is 0 Å². The number of nitrogens with zero attached hydrogens (tertiary/aromatic N) is 1. The molecule has 0 saturated carbocycles. The van der Waals surface area contributed by atoms with Crippen molar-refractivity contribution in [1.82, 2.24) is 9.88 Å². The Labute approximate surface area is 126 Å². The molecule has 110 valence electrons. The van der Waals surface area contributed by atoms with Gasteiger partial charge in [-0.05, 0) is 44.0 Å². The van der Waals surface area contributed by atoms with Crippen molar-refractivity contribution in [3.63, 3.8) is 0 Å². The third-order valence-corrected chi connectivity index (χ3v) is 4.42. The fourth-order valence-electron chi connectivity index (χ4n) is 2.99. The van der Waals surface area contributed by atoms with Crippen molar-refractivity contribution >= 4 is 21.8 Å². The largest absolute Gasteiger partial charge is 0.341 e. The highest BCUT2D eigenvalue weighted by molar-refractivity contribution is 6.08. The highest BCUT2D eigenvalue weighted by Crippen LogP contribution is 2.29. The van der Waals surface area contributed by atoms with Gasteiger partial charge in [0.25, 0.3) is 0 Å². The van der Waals surface area contributed by atoms with Crippen molar-refractivity contribution in [2.24, 2.45) is 0 Å². The Balaban J connectivity index is 2.06. The zero-order valence-electron chi connectivity index (χ0n) is 13.2. The van der Waals surface area contributed by atoms with E-state index in [4.69, 9.17) is 0 Å². The van der Waals surface area contributed by atoms with Gasteiger partial charge < -0.3 is 9.88 Å². The van der Waals surface area contributed by atoms with Crippen LogP contribution in [0.25, 0.3) is 21.8 Å². The van der Waals surface area contributed by atoms with Gasteiger partial charge in [0.1, 0.15) is 0 Å². The molecule has 3 aromatic rings. The second-order valence-corrected chi connectivity index (χ2v) is 5.80. The van der Waals surface area contributed by atoms with E-state index in [1.54, 1.807) is 0 Å². The van der Waals surface area contributed by atoms with Crippen LogP contribution in [-0.2, 0) is 13.1 Å². The first-order valence-electron chi connectivity index (χ1n) is 7.97. The lowest BCUT2D eigenvalue weighted by molar-refractivity contribution is 0.534. The Morgan fingerprint density at radius 1 is 1.00 bits per heavy atom. The van der Waals surface area contributed by atoms with Gasteiger partial charge in [0.15, 0.2) is 0 Å². The second-order valence-electron chi connectivity index (χ2n) is 5.80. The van der Waals surface area contributed by atoms with E-state index in [1.807, 2.05) is 0 Å². The minimum atomic E-state index is 0.567. The highest BCUT2D eigenvalue weighted by atomic mass is 15.0. The summed E-state index contributed by atoms with van der Waals surface area (Å²) in [7, 11) is 0. The number of hydrogen-bond acceptors (Lipinski definition) is 1. The lowest BCUT2D eigenvalue weighted by Crippen LogP contribution is -2.24. The Hall–Kier alpha value is -1.80. The number of fused-ring (bicyclic) bond motifs is 3. The van der Waals surface area contributed by atoms with Crippen LogP contribution < -0.4 is 5.32 Å². The Morgan fingerprint density at radius 2 is 1.76 bits per heavy atom. The first kappa shape index (κ1) is 14.2. The van der Waals surface area contributed by atoms with Crippen LogP contribution in [0.1, 0.15) is 32.8 Å². The van der Waals surface area contributed by atoms with Gasteiger partial charge in [-0.25, -0.2) is 0 Å². The predicted molar refractivity (Wildman–Crippen MR) is 91.7 cm³/mol. The van der Waals surface area contributed by atoms with Crippen LogP contribution >= 0.6 is 0 Å². The van der Waals surface area contributed by atoms with Crippen LogP contribution in [0.2, 0.25) is 0 Å². The normalized spacial score (nSPS) is 13.1. The van der Waals surface area contributed by atoms with Gasteiger partial charge in [0, 0.05) is 40.9 Å². The molecule has 1 heterocycles. The first-order valence-corrected chi connectivity index (χ1v) is 7.97. The number of benzene rings is 2. The summed E-state index contributed by atoms with van der Waals surface area (Å²) in [4.78, 5) is 0. The number of rotatable bonds is 5. The van der Waals surface area contributed by atoms with E-state index in [9.17, 15) is 0 Å². The Morgan fingerprint density at radius 3 is 2.52 bits per heavy atom. The zero-order valence-corrected chi connectivity index (χ0v) is 13.2. The molecule has 21 heavy (non-hydrogen) atoms. The van der Waals surface area contributed by atoms with Crippen molar-refractivity contribution in [3.8, 4) is 0 Å². The molecular weight excluding hydrogens is 256 g/mol. The average Bonchev–Trinajstić information content (AvgIpc) is 2.85. The van der Waals surface area contributed by atoms with Crippen molar-refractivity contribution in [2.75, 3.05) is 0 Å². The number of aryl methyl sites for hydroxylation is 1. The monoisotopic (exact) mass is 280 g/mol. The molecule has 3 rings (SSSR count). The van der Waals surface area contributed by atoms with Crippen LogP contribution in [0.5, 0.6) is 0 Å². The topological polar surface area (TPSA) is 17.0 Å². The second kappa shape index (κ2) is 5.90. The van der Waals surface area contributed by atoms with Crippen molar-refractivity contribution in [3.05, 3.63) is 48.0 Å². The molecule has 0 aliphatic carbocycles. The molecule has 1 atom stereocenters. The smallest absolute Gasteiger partial charge is 0.0491 e. The lowest BCUT2D eigenvalue weighted by Gasteiger charge is -2.11. The van der Waals surface area contributed by atoms with Gasteiger partial charge in [0.05, 0.1) is 0 Å². The molecule has 2 heteroatoms. The molecule has 2 aromatic carbocycles. The minimum Gasteiger partial charge on any atom is -0.341 e. The fraction of sp³-hybridized carbons (Fsp3) is 0.368. The van der Waals surface area contributed by atoms with E-state index in [2.05, 4.69) is 73.1 Å². The van der Waals surface area contributed by atoms with E-state index in [0.717, 1.165) is 19.5 Å². The zero-order chi connectivity index (χ0) is 14.8. The molecule has 1 N–H and O–H groups in total.